The summed E-state index contributed by atoms with van der Waals surface area (Å²) in [5.41, 5.74) is 2.71. The van der Waals surface area contributed by atoms with Crippen LogP contribution in [0.5, 0.6) is 17.2 Å². The van der Waals surface area contributed by atoms with Gasteiger partial charge in [0.15, 0.2) is 11.5 Å². The molecule has 0 aliphatic rings. The molecule has 2 aromatic heterocycles. The van der Waals surface area contributed by atoms with Gasteiger partial charge in [0.1, 0.15) is 23.7 Å². The van der Waals surface area contributed by atoms with Crippen molar-refractivity contribution in [2.24, 2.45) is 0 Å². The number of hydrogen-bond acceptors (Lipinski definition) is 8. The number of hydrogen-bond donors (Lipinski definition) is 0. The molecule has 29 heavy (non-hydrogen) atoms. The number of aromatic nitrogens is 5. The first-order valence-electron chi connectivity index (χ1n) is 8.98. The molecule has 9 heteroatoms. The molecular formula is C20H19N5O3S. The summed E-state index contributed by atoms with van der Waals surface area (Å²) in [6, 6.07) is 13.4. The zero-order chi connectivity index (χ0) is 20.1. The molecule has 0 amide bonds. The summed E-state index contributed by atoms with van der Waals surface area (Å²) in [5.74, 6) is 2.17. The van der Waals surface area contributed by atoms with E-state index in [1.165, 1.54) is 0 Å². The van der Waals surface area contributed by atoms with Gasteiger partial charge in [0.2, 0.25) is 0 Å². The van der Waals surface area contributed by atoms with Crippen LogP contribution in [-0.2, 0) is 6.61 Å². The van der Waals surface area contributed by atoms with Gasteiger partial charge in [-0.25, -0.2) is 9.67 Å². The van der Waals surface area contributed by atoms with Gasteiger partial charge in [-0.3, -0.25) is 0 Å². The second kappa shape index (κ2) is 8.70. The Hall–Kier alpha value is -3.46. The fraction of sp³-hybridized carbons (Fsp3) is 0.200. The molecule has 2 aromatic carbocycles. The van der Waals surface area contributed by atoms with Gasteiger partial charge >= 0.3 is 0 Å². The van der Waals surface area contributed by atoms with Crippen LogP contribution in [0.15, 0.2) is 54.2 Å². The van der Waals surface area contributed by atoms with Crippen molar-refractivity contribution >= 4 is 11.3 Å². The van der Waals surface area contributed by atoms with Crippen molar-refractivity contribution in [3.8, 4) is 33.5 Å². The Morgan fingerprint density at radius 3 is 2.62 bits per heavy atom. The Morgan fingerprint density at radius 1 is 1.03 bits per heavy atom. The van der Waals surface area contributed by atoms with E-state index < -0.39 is 0 Å². The SMILES string of the molecule is CCOc1ccc(-c2nc(COc3ccc(-n4cnnn4)cc3)cs2)cc1OC. The molecule has 0 saturated carbocycles. The maximum absolute atomic E-state index is 5.85. The zero-order valence-corrected chi connectivity index (χ0v) is 16.8. The highest BCUT2D eigenvalue weighted by atomic mass is 32.1. The summed E-state index contributed by atoms with van der Waals surface area (Å²) < 4.78 is 18.4. The van der Waals surface area contributed by atoms with Crippen LogP contribution in [0.1, 0.15) is 12.6 Å². The predicted molar refractivity (Wildman–Crippen MR) is 109 cm³/mol. The Kier molecular flexibility index (Phi) is 5.66. The normalized spacial score (nSPS) is 10.7. The van der Waals surface area contributed by atoms with E-state index >= 15 is 0 Å². The van der Waals surface area contributed by atoms with E-state index in [0.717, 1.165) is 33.5 Å². The number of benzene rings is 2. The van der Waals surface area contributed by atoms with Crippen molar-refractivity contribution in [1.82, 2.24) is 25.2 Å². The first kappa shape index (κ1) is 18.9. The predicted octanol–water partition coefficient (Wildman–Crippen LogP) is 3.77. The van der Waals surface area contributed by atoms with Gasteiger partial charge in [-0.15, -0.1) is 16.4 Å². The maximum Gasteiger partial charge on any atom is 0.161 e. The molecule has 0 radical (unpaired) electrons. The number of nitrogens with zero attached hydrogens (tertiary/aromatic N) is 5. The van der Waals surface area contributed by atoms with Gasteiger partial charge in [-0.2, -0.15) is 0 Å². The van der Waals surface area contributed by atoms with Crippen LogP contribution in [0.25, 0.3) is 16.3 Å². The summed E-state index contributed by atoms with van der Waals surface area (Å²) in [4.78, 5) is 4.67. The Bertz CT molecular complexity index is 1060. The van der Waals surface area contributed by atoms with Crippen molar-refractivity contribution in [3.05, 3.63) is 59.9 Å². The van der Waals surface area contributed by atoms with E-state index in [0.29, 0.717) is 19.0 Å². The lowest BCUT2D eigenvalue weighted by Gasteiger charge is -2.10. The molecule has 8 nitrogen and oxygen atoms in total. The number of methoxy groups -OCH3 is 1. The molecule has 0 bridgehead atoms. The molecule has 0 atom stereocenters. The number of thiazole rings is 1. The quantitative estimate of drug-likeness (QED) is 0.438. The third kappa shape index (κ3) is 4.35. The molecule has 148 valence electrons. The second-order valence-corrected chi connectivity index (χ2v) is 6.84. The van der Waals surface area contributed by atoms with Gasteiger partial charge in [-0.05, 0) is 59.8 Å². The second-order valence-electron chi connectivity index (χ2n) is 5.98. The smallest absolute Gasteiger partial charge is 0.161 e. The molecule has 0 fully saturated rings. The molecule has 0 saturated heterocycles. The van der Waals surface area contributed by atoms with Crippen LogP contribution < -0.4 is 14.2 Å². The van der Waals surface area contributed by atoms with Crippen LogP contribution in [0.4, 0.5) is 0 Å². The van der Waals surface area contributed by atoms with E-state index in [4.69, 9.17) is 14.2 Å². The fourth-order valence-corrected chi connectivity index (χ4v) is 3.51. The molecule has 4 aromatic rings. The van der Waals surface area contributed by atoms with E-state index in [1.807, 2.05) is 54.8 Å². The van der Waals surface area contributed by atoms with E-state index in [9.17, 15) is 0 Å². The van der Waals surface area contributed by atoms with Gasteiger partial charge in [-0.1, -0.05) is 0 Å². The number of tetrazole rings is 1. The van der Waals surface area contributed by atoms with Crippen molar-refractivity contribution < 1.29 is 14.2 Å². The Morgan fingerprint density at radius 2 is 1.90 bits per heavy atom. The van der Waals surface area contributed by atoms with Crippen LogP contribution in [0, 0.1) is 0 Å². The Labute approximate surface area is 171 Å². The molecule has 0 unspecified atom stereocenters. The summed E-state index contributed by atoms with van der Waals surface area (Å²) in [5, 5.41) is 14.0. The van der Waals surface area contributed by atoms with Crippen LogP contribution in [-0.4, -0.2) is 38.9 Å². The first-order valence-corrected chi connectivity index (χ1v) is 9.86. The highest BCUT2D eigenvalue weighted by Crippen LogP contribution is 2.34. The molecule has 4 rings (SSSR count). The first-order chi connectivity index (χ1) is 14.3. The molecule has 0 spiro atoms. The van der Waals surface area contributed by atoms with Crippen molar-refractivity contribution in [2.45, 2.75) is 13.5 Å². The monoisotopic (exact) mass is 409 g/mol. The van der Waals surface area contributed by atoms with Crippen LogP contribution in [0.3, 0.4) is 0 Å². The highest BCUT2D eigenvalue weighted by Gasteiger charge is 2.10. The number of ether oxygens (including phenoxy) is 3. The average molecular weight is 409 g/mol. The maximum atomic E-state index is 5.85. The van der Waals surface area contributed by atoms with Crippen LogP contribution >= 0.6 is 11.3 Å². The van der Waals surface area contributed by atoms with Gasteiger partial charge in [0.05, 0.1) is 25.1 Å². The third-order valence-corrected chi connectivity index (χ3v) is 5.04. The lowest BCUT2D eigenvalue weighted by Crippen LogP contribution is -1.98. The van der Waals surface area contributed by atoms with Crippen molar-refractivity contribution in [2.75, 3.05) is 13.7 Å². The van der Waals surface area contributed by atoms with E-state index in [2.05, 4.69) is 20.5 Å². The summed E-state index contributed by atoms with van der Waals surface area (Å²) >= 11 is 1.56. The largest absolute Gasteiger partial charge is 0.493 e. The van der Waals surface area contributed by atoms with E-state index in [1.54, 1.807) is 29.5 Å². The summed E-state index contributed by atoms with van der Waals surface area (Å²) in [6.45, 7) is 2.92. The van der Waals surface area contributed by atoms with Crippen LogP contribution in [0.2, 0.25) is 0 Å². The van der Waals surface area contributed by atoms with E-state index in [-0.39, 0.29) is 0 Å². The number of rotatable bonds is 8. The van der Waals surface area contributed by atoms with Crippen molar-refractivity contribution in [3.63, 3.8) is 0 Å². The summed E-state index contributed by atoms with van der Waals surface area (Å²) in [7, 11) is 1.63. The third-order valence-electron chi connectivity index (χ3n) is 4.10. The van der Waals surface area contributed by atoms with Gasteiger partial charge < -0.3 is 14.2 Å². The lowest BCUT2D eigenvalue weighted by atomic mass is 10.2. The topological polar surface area (TPSA) is 84.2 Å². The Balaban J connectivity index is 1.42. The minimum absolute atomic E-state index is 0.384. The van der Waals surface area contributed by atoms with Gasteiger partial charge in [0.25, 0.3) is 0 Å². The molecule has 0 aliphatic heterocycles. The minimum atomic E-state index is 0.384. The molecule has 0 aliphatic carbocycles. The fourth-order valence-electron chi connectivity index (χ4n) is 2.71. The lowest BCUT2D eigenvalue weighted by molar-refractivity contribution is 0.302. The zero-order valence-electron chi connectivity index (χ0n) is 16.0. The highest BCUT2D eigenvalue weighted by molar-refractivity contribution is 7.13. The molecule has 0 N–H and O–H groups in total. The van der Waals surface area contributed by atoms with Gasteiger partial charge in [0, 0.05) is 10.9 Å². The summed E-state index contributed by atoms with van der Waals surface area (Å²) in [6.07, 6.45) is 1.54. The average Bonchev–Trinajstić information content (AvgIpc) is 3.46. The molecule has 2 heterocycles. The minimum Gasteiger partial charge on any atom is -0.493 e. The van der Waals surface area contributed by atoms with Crippen molar-refractivity contribution in [1.29, 1.82) is 0 Å². The molecular weight excluding hydrogens is 390 g/mol. The standard InChI is InChI=1S/C20H19N5O3S/c1-3-27-18-9-4-14(10-19(18)26-2)20-22-15(12-29-20)11-28-17-7-5-16(6-8-17)25-13-21-23-24-25/h4-10,12-13H,3,11H2,1-2H3.